The van der Waals surface area contributed by atoms with E-state index in [9.17, 15) is 8.42 Å². The molecule has 0 spiro atoms. The van der Waals surface area contributed by atoms with Crippen LogP contribution in [0.1, 0.15) is 0 Å². The number of sulfonamides is 1. The molecule has 16 heavy (non-hydrogen) atoms. The van der Waals surface area contributed by atoms with Crippen LogP contribution >= 0.6 is 0 Å². The van der Waals surface area contributed by atoms with Gasteiger partial charge in [-0.25, -0.2) is 8.42 Å². The van der Waals surface area contributed by atoms with Gasteiger partial charge in [0.05, 0.1) is 19.1 Å². The van der Waals surface area contributed by atoms with E-state index in [0.717, 1.165) is 0 Å². The molecule has 0 fully saturated rings. The first-order valence-electron chi connectivity index (χ1n) is 4.39. The molecule has 0 aromatic heterocycles. The number of benzene rings is 1. The Bertz CT molecular complexity index is 470. The lowest BCUT2D eigenvalue weighted by atomic mass is 10.3. The van der Waals surface area contributed by atoms with Gasteiger partial charge in [-0.15, -0.1) is 4.41 Å². The van der Waals surface area contributed by atoms with Crippen LogP contribution in [0.4, 0.5) is 0 Å². The Labute approximate surface area is 94.6 Å². The fourth-order valence-corrected chi connectivity index (χ4v) is 1.97. The van der Waals surface area contributed by atoms with E-state index in [1.807, 2.05) is 0 Å². The van der Waals surface area contributed by atoms with E-state index in [1.165, 1.54) is 39.5 Å². The second-order valence-corrected chi connectivity index (χ2v) is 5.04. The third kappa shape index (κ3) is 2.26. The minimum Gasteiger partial charge on any atom is -0.493 e. The molecule has 90 valence electrons. The Morgan fingerprint density at radius 2 is 1.75 bits per heavy atom. The number of hydrazine groups is 1. The average molecular weight is 246 g/mol. The molecule has 1 aromatic carbocycles. The standard InChI is InChI=1S/C9H14N2O4S/c1-11(10)16(12,13)7-4-5-8(14-2)9(6-7)15-3/h4-6H,10H2,1-3H3. The van der Waals surface area contributed by atoms with E-state index in [-0.39, 0.29) is 4.90 Å². The minimum absolute atomic E-state index is 0.0511. The number of rotatable bonds is 4. The van der Waals surface area contributed by atoms with Gasteiger partial charge in [-0.3, -0.25) is 5.84 Å². The van der Waals surface area contributed by atoms with Crippen molar-refractivity contribution in [3.05, 3.63) is 18.2 Å². The van der Waals surface area contributed by atoms with Gasteiger partial charge >= 0.3 is 0 Å². The van der Waals surface area contributed by atoms with E-state index < -0.39 is 10.0 Å². The summed E-state index contributed by atoms with van der Waals surface area (Å²) in [6.07, 6.45) is 0. The maximum absolute atomic E-state index is 11.7. The highest BCUT2D eigenvalue weighted by Crippen LogP contribution is 2.29. The predicted octanol–water partition coefficient (Wildman–Crippen LogP) is 0.198. The van der Waals surface area contributed by atoms with Crippen molar-refractivity contribution >= 4 is 10.0 Å². The number of nitrogens with zero attached hydrogens (tertiary/aromatic N) is 1. The molecular formula is C9H14N2O4S. The van der Waals surface area contributed by atoms with E-state index in [0.29, 0.717) is 15.9 Å². The van der Waals surface area contributed by atoms with E-state index in [1.54, 1.807) is 0 Å². The summed E-state index contributed by atoms with van der Waals surface area (Å²) in [5.41, 5.74) is 0. The molecular weight excluding hydrogens is 232 g/mol. The Balaban J connectivity index is 3.29. The summed E-state index contributed by atoms with van der Waals surface area (Å²) >= 11 is 0. The lowest BCUT2D eigenvalue weighted by Crippen LogP contribution is -2.33. The molecule has 0 saturated carbocycles. The van der Waals surface area contributed by atoms with Crippen LogP contribution in [0.3, 0.4) is 0 Å². The average Bonchev–Trinajstić information content (AvgIpc) is 2.27. The Hall–Kier alpha value is -1.31. The van der Waals surface area contributed by atoms with E-state index in [2.05, 4.69) is 0 Å². The molecule has 0 saturated heterocycles. The van der Waals surface area contributed by atoms with Crippen molar-refractivity contribution in [3.8, 4) is 11.5 Å². The van der Waals surface area contributed by atoms with Crippen molar-refractivity contribution < 1.29 is 17.9 Å². The van der Waals surface area contributed by atoms with Crippen LogP contribution in [-0.2, 0) is 10.0 Å². The van der Waals surface area contributed by atoms with Gasteiger partial charge in [-0.1, -0.05) is 0 Å². The van der Waals surface area contributed by atoms with Crippen molar-refractivity contribution in [1.82, 2.24) is 4.41 Å². The van der Waals surface area contributed by atoms with Crippen molar-refractivity contribution in [2.24, 2.45) is 5.84 Å². The van der Waals surface area contributed by atoms with Gasteiger partial charge in [-0.2, -0.15) is 0 Å². The molecule has 0 aliphatic heterocycles. The summed E-state index contributed by atoms with van der Waals surface area (Å²) in [5, 5.41) is 0. The topological polar surface area (TPSA) is 81.9 Å². The molecule has 0 aliphatic rings. The molecule has 6 nitrogen and oxygen atoms in total. The van der Waals surface area contributed by atoms with Gasteiger partial charge in [0.1, 0.15) is 0 Å². The van der Waals surface area contributed by atoms with E-state index in [4.69, 9.17) is 15.3 Å². The fraction of sp³-hybridized carbons (Fsp3) is 0.333. The summed E-state index contributed by atoms with van der Waals surface area (Å²) in [7, 11) is 0.501. The van der Waals surface area contributed by atoms with Crippen LogP contribution in [0.15, 0.2) is 23.1 Å². The molecule has 1 aromatic rings. The van der Waals surface area contributed by atoms with Gasteiger partial charge in [-0.05, 0) is 12.1 Å². The van der Waals surface area contributed by atoms with Crippen LogP contribution in [0.25, 0.3) is 0 Å². The van der Waals surface area contributed by atoms with Crippen molar-refractivity contribution in [1.29, 1.82) is 0 Å². The normalized spacial score (nSPS) is 11.6. The molecule has 2 N–H and O–H groups in total. The van der Waals surface area contributed by atoms with Crippen LogP contribution in [0.2, 0.25) is 0 Å². The number of nitrogens with two attached hydrogens (primary N) is 1. The van der Waals surface area contributed by atoms with Crippen molar-refractivity contribution in [2.75, 3.05) is 21.3 Å². The van der Waals surface area contributed by atoms with Crippen LogP contribution in [-0.4, -0.2) is 34.1 Å². The first-order chi connectivity index (χ1) is 7.43. The zero-order valence-electron chi connectivity index (χ0n) is 9.30. The minimum atomic E-state index is -3.66. The van der Waals surface area contributed by atoms with Crippen LogP contribution in [0.5, 0.6) is 11.5 Å². The highest BCUT2D eigenvalue weighted by Gasteiger charge is 2.19. The zero-order valence-corrected chi connectivity index (χ0v) is 10.1. The van der Waals surface area contributed by atoms with Crippen LogP contribution in [0, 0.1) is 0 Å². The maximum atomic E-state index is 11.7. The first-order valence-corrected chi connectivity index (χ1v) is 5.83. The summed E-state index contributed by atoms with van der Waals surface area (Å²) in [5.74, 6) is 6.04. The molecule has 7 heteroatoms. The SMILES string of the molecule is COc1ccc(S(=O)(=O)N(C)N)cc1OC. The monoisotopic (exact) mass is 246 g/mol. The maximum Gasteiger partial charge on any atom is 0.255 e. The Morgan fingerprint density at radius 3 is 2.19 bits per heavy atom. The third-order valence-corrected chi connectivity index (χ3v) is 3.64. The third-order valence-electron chi connectivity index (χ3n) is 2.03. The van der Waals surface area contributed by atoms with Crippen molar-refractivity contribution in [3.63, 3.8) is 0 Å². The number of ether oxygens (including phenoxy) is 2. The summed E-state index contributed by atoms with van der Waals surface area (Å²) in [4.78, 5) is 0.0511. The molecule has 0 amide bonds. The molecule has 0 unspecified atom stereocenters. The second-order valence-electron chi connectivity index (χ2n) is 3.04. The molecule has 0 atom stereocenters. The predicted molar refractivity (Wildman–Crippen MR) is 58.7 cm³/mol. The largest absolute Gasteiger partial charge is 0.493 e. The van der Waals surface area contributed by atoms with Gasteiger partial charge < -0.3 is 9.47 Å². The number of hydrogen-bond acceptors (Lipinski definition) is 5. The lowest BCUT2D eigenvalue weighted by Gasteiger charge is -2.13. The van der Waals surface area contributed by atoms with Gasteiger partial charge in [0.2, 0.25) is 0 Å². The highest BCUT2D eigenvalue weighted by molar-refractivity contribution is 7.89. The summed E-state index contributed by atoms with van der Waals surface area (Å²) < 4.78 is 34.1. The molecule has 0 heterocycles. The molecule has 0 radical (unpaired) electrons. The quantitative estimate of drug-likeness (QED) is 0.606. The molecule has 1 rings (SSSR count). The number of methoxy groups -OCH3 is 2. The molecule has 0 bridgehead atoms. The summed E-state index contributed by atoms with van der Waals surface area (Å²) in [6.45, 7) is 0. The lowest BCUT2D eigenvalue weighted by molar-refractivity contribution is 0.353. The Kier molecular flexibility index (Phi) is 3.74. The summed E-state index contributed by atoms with van der Waals surface area (Å²) in [6, 6.07) is 4.27. The Morgan fingerprint density at radius 1 is 1.19 bits per heavy atom. The molecule has 0 aliphatic carbocycles. The second kappa shape index (κ2) is 4.69. The smallest absolute Gasteiger partial charge is 0.255 e. The van der Waals surface area contributed by atoms with Crippen molar-refractivity contribution in [2.45, 2.75) is 4.90 Å². The highest BCUT2D eigenvalue weighted by atomic mass is 32.2. The fourth-order valence-electron chi connectivity index (χ4n) is 1.14. The van der Waals surface area contributed by atoms with Gasteiger partial charge in [0.15, 0.2) is 11.5 Å². The zero-order chi connectivity index (χ0) is 12.3. The van der Waals surface area contributed by atoms with Crippen LogP contribution < -0.4 is 15.3 Å². The number of hydrogen-bond donors (Lipinski definition) is 1. The van der Waals surface area contributed by atoms with E-state index >= 15 is 0 Å². The first kappa shape index (κ1) is 12.8. The van der Waals surface area contributed by atoms with Gasteiger partial charge in [0.25, 0.3) is 10.0 Å². The van der Waals surface area contributed by atoms with Gasteiger partial charge in [0, 0.05) is 13.1 Å².